The number of carbonyl (C=O) groups is 1. The summed E-state index contributed by atoms with van der Waals surface area (Å²) in [4.78, 5) is 13.4. The molecule has 0 aromatic heterocycles. The molecule has 0 spiro atoms. The molecule has 0 unspecified atom stereocenters. The highest BCUT2D eigenvalue weighted by molar-refractivity contribution is 5.77. The number of nitrogens with two attached hydrogens (primary N) is 2. The maximum Gasteiger partial charge on any atom is 0.220 e. The van der Waals surface area contributed by atoms with Crippen molar-refractivity contribution in [3.8, 4) is 0 Å². The van der Waals surface area contributed by atoms with Crippen molar-refractivity contribution < 1.29 is 4.79 Å². The van der Waals surface area contributed by atoms with Gasteiger partial charge >= 0.3 is 0 Å². The van der Waals surface area contributed by atoms with Crippen molar-refractivity contribution in [2.45, 2.75) is 26.7 Å². The first kappa shape index (κ1) is 12.7. The van der Waals surface area contributed by atoms with Gasteiger partial charge in [-0.2, -0.15) is 0 Å². The molecule has 1 aromatic rings. The molecular weight excluding hydrogens is 226 g/mol. The van der Waals surface area contributed by atoms with E-state index in [2.05, 4.69) is 24.8 Å². The van der Waals surface area contributed by atoms with Gasteiger partial charge in [0.15, 0.2) is 0 Å². The number of rotatable bonds is 2. The van der Waals surface area contributed by atoms with E-state index >= 15 is 0 Å². The van der Waals surface area contributed by atoms with E-state index in [1.807, 2.05) is 6.07 Å². The SMILES string of the molecule is Cc1cc(N)c(N2CCC(C(N)=O)CC2)cc1C. The lowest BCUT2D eigenvalue weighted by molar-refractivity contribution is -0.122. The Balaban J connectivity index is 2.15. The number of nitrogens with zero attached hydrogens (tertiary/aromatic N) is 1. The van der Waals surface area contributed by atoms with Gasteiger partial charge < -0.3 is 16.4 Å². The molecule has 18 heavy (non-hydrogen) atoms. The van der Waals surface area contributed by atoms with E-state index in [9.17, 15) is 4.79 Å². The molecule has 98 valence electrons. The maximum atomic E-state index is 11.1. The minimum atomic E-state index is -0.178. The topological polar surface area (TPSA) is 72.3 Å². The van der Waals surface area contributed by atoms with Gasteiger partial charge in [-0.25, -0.2) is 0 Å². The fourth-order valence-electron chi connectivity index (χ4n) is 2.50. The van der Waals surface area contributed by atoms with Crippen LogP contribution in [0.3, 0.4) is 0 Å². The molecule has 4 N–H and O–H groups in total. The third-order valence-electron chi connectivity index (χ3n) is 3.88. The van der Waals surface area contributed by atoms with E-state index in [0.717, 1.165) is 37.3 Å². The van der Waals surface area contributed by atoms with Gasteiger partial charge in [0.1, 0.15) is 0 Å². The minimum absolute atomic E-state index is 0.0222. The van der Waals surface area contributed by atoms with Crippen molar-refractivity contribution >= 4 is 17.3 Å². The zero-order valence-corrected chi connectivity index (χ0v) is 11.1. The smallest absolute Gasteiger partial charge is 0.220 e. The molecule has 1 aliphatic heterocycles. The van der Waals surface area contributed by atoms with Crippen molar-refractivity contribution in [1.82, 2.24) is 0 Å². The summed E-state index contributed by atoms with van der Waals surface area (Å²) >= 11 is 0. The van der Waals surface area contributed by atoms with Crippen LogP contribution in [0.5, 0.6) is 0 Å². The number of hydrogen-bond donors (Lipinski definition) is 2. The molecule has 1 amide bonds. The van der Waals surface area contributed by atoms with Crippen LogP contribution in [0, 0.1) is 19.8 Å². The van der Waals surface area contributed by atoms with Crippen LogP contribution in [0.2, 0.25) is 0 Å². The lowest BCUT2D eigenvalue weighted by atomic mass is 9.95. The van der Waals surface area contributed by atoms with E-state index in [1.54, 1.807) is 0 Å². The molecule has 0 atom stereocenters. The van der Waals surface area contributed by atoms with Crippen LogP contribution >= 0.6 is 0 Å². The molecule has 1 fully saturated rings. The first-order valence-corrected chi connectivity index (χ1v) is 6.40. The zero-order valence-electron chi connectivity index (χ0n) is 11.1. The molecule has 1 heterocycles. The Labute approximate surface area is 108 Å². The molecule has 1 saturated heterocycles. The molecule has 0 aliphatic carbocycles. The molecule has 0 bridgehead atoms. The molecular formula is C14H21N3O. The summed E-state index contributed by atoms with van der Waals surface area (Å²) in [5, 5.41) is 0. The van der Waals surface area contributed by atoms with Gasteiger partial charge in [0.2, 0.25) is 5.91 Å². The van der Waals surface area contributed by atoms with Gasteiger partial charge in [-0.3, -0.25) is 4.79 Å². The second-order valence-electron chi connectivity index (χ2n) is 5.16. The number of anilines is 2. The van der Waals surface area contributed by atoms with Gasteiger partial charge in [0.25, 0.3) is 0 Å². The maximum absolute atomic E-state index is 11.1. The highest BCUT2D eigenvalue weighted by Gasteiger charge is 2.24. The van der Waals surface area contributed by atoms with E-state index < -0.39 is 0 Å². The van der Waals surface area contributed by atoms with Crippen molar-refractivity contribution in [3.63, 3.8) is 0 Å². The fraction of sp³-hybridized carbons (Fsp3) is 0.500. The summed E-state index contributed by atoms with van der Waals surface area (Å²) in [6.07, 6.45) is 1.64. The van der Waals surface area contributed by atoms with Crippen molar-refractivity contribution in [1.29, 1.82) is 0 Å². The molecule has 0 radical (unpaired) electrons. The van der Waals surface area contributed by atoms with E-state index in [4.69, 9.17) is 11.5 Å². The zero-order chi connectivity index (χ0) is 13.3. The summed E-state index contributed by atoms with van der Waals surface area (Å²) in [7, 11) is 0. The van der Waals surface area contributed by atoms with E-state index in [0.29, 0.717) is 0 Å². The lowest BCUT2D eigenvalue weighted by Crippen LogP contribution is -2.38. The Bertz CT molecular complexity index is 462. The molecule has 1 aromatic carbocycles. The van der Waals surface area contributed by atoms with Gasteiger partial charge in [0.05, 0.1) is 11.4 Å². The van der Waals surface area contributed by atoms with E-state index in [1.165, 1.54) is 11.1 Å². The van der Waals surface area contributed by atoms with Crippen LogP contribution in [0.25, 0.3) is 0 Å². The van der Waals surface area contributed by atoms with Crippen LogP contribution in [-0.2, 0) is 4.79 Å². The summed E-state index contributed by atoms with van der Waals surface area (Å²) in [5.41, 5.74) is 15.8. The summed E-state index contributed by atoms with van der Waals surface area (Å²) in [6.45, 7) is 5.85. The third-order valence-corrected chi connectivity index (χ3v) is 3.88. The number of hydrogen-bond acceptors (Lipinski definition) is 3. The Morgan fingerprint density at radius 2 is 1.78 bits per heavy atom. The number of nitrogen functional groups attached to an aromatic ring is 1. The standard InChI is InChI=1S/C14H21N3O/c1-9-7-12(15)13(8-10(9)2)17-5-3-11(4-6-17)14(16)18/h7-8,11H,3-6,15H2,1-2H3,(H2,16,18). The Morgan fingerprint density at radius 3 is 2.33 bits per heavy atom. The lowest BCUT2D eigenvalue weighted by Gasteiger charge is -2.33. The average molecular weight is 247 g/mol. The number of amides is 1. The molecule has 1 aliphatic rings. The molecule has 4 nitrogen and oxygen atoms in total. The van der Waals surface area contributed by atoms with Crippen LogP contribution in [0.4, 0.5) is 11.4 Å². The quantitative estimate of drug-likeness (QED) is 0.779. The highest BCUT2D eigenvalue weighted by atomic mass is 16.1. The van der Waals surface area contributed by atoms with E-state index in [-0.39, 0.29) is 11.8 Å². The first-order valence-electron chi connectivity index (χ1n) is 6.40. The third kappa shape index (κ3) is 2.42. The van der Waals surface area contributed by atoms with Crippen molar-refractivity contribution in [2.24, 2.45) is 11.7 Å². The number of piperidine rings is 1. The number of primary amides is 1. The average Bonchev–Trinajstić information content (AvgIpc) is 2.34. The predicted octanol–water partition coefficient (Wildman–Crippen LogP) is 1.59. The second-order valence-corrected chi connectivity index (χ2v) is 5.16. The summed E-state index contributed by atoms with van der Waals surface area (Å²) in [6, 6.07) is 4.15. The molecule has 2 rings (SSSR count). The number of benzene rings is 1. The number of carbonyl (C=O) groups excluding carboxylic acids is 1. The fourth-order valence-corrected chi connectivity index (χ4v) is 2.50. The number of aryl methyl sites for hydroxylation is 2. The van der Waals surface area contributed by atoms with Crippen LogP contribution in [-0.4, -0.2) is 19.0 Å². The minimum Gasteiger partial charge on any atom is -0.397 e. The summed E-state index contributed by atoms with van der Waals surface area (Å²) in [5.74, 6) is -0.156. The Kier molecular flexibility index (Phi) is 3.45. The predicted molar refractivity (Wildman–Crippen MR) is 74.5 cm³/mol. The monoisotopic (exact) mass is 247 g/mol. The second kappa shape index (κ2) is 4.88. The molecule has 0 saturated carbocycles. The van der Waals surface area contributed by atoms with Gasteiger partial charge in [-0.1, -0.05) is 0 Å². The van der Waals surface area contributed by atoms with Crippen LogP contribution < -0.4 is 16.4 Å². The largest absolute Gasteiger partial charge is 0.397 e. The van der Waals surface area contributed by atoms with Crippen LogP contribution in [0.15, 0.2) is 12.1 Å². The first-order chi connectivity index (χ1) is 8.49. The Hall–Kier alpha value is -1.71. The molecule has 4 heteroatoms. The normalized spacial score (nSPS) is 16.9. The highest BCUT2D eigenvalue weighted by Crippen LogP contribution is 2.30. The van der Waals surface area contributed by atoms with Crippen molar-refractivity contribution in [3.05, 3.63) is 23.3 Å². The Morgan fingerprint density at radius 1 is 1.22 bits per heavy atom. The van der Waals surface area contributed by atoms with Crippen LogP contribution in [0.1, 0.15) is 24.0 Å². The van der Waals surface area contributed by atoms with Gasteiger partial charge in [0, 0.05) is 19.0 Å². The van der Waals surface area contributed by atoms with Gasteiger partial charge in [-0.05, 0) is 49.9 Å². The van der Waals surface area contributed by atoms with Crippen molar-refractivity contribution in [2.75, 3.05) is 23.7 Å². The summed E-state index contributed by atoms with van der Waals surface area (Å²) < 4.78 is 0. The van der Waals surface area contributed by atoms with Gasteiger partial charge in [-0.15, -0.1) is 0 Å².